The van der Waals surface area contributed by atoms with E-state index < -0.39 is 0 Å². The summed E-state index contributed by atoms with van der Waals surface area (Å²) in [5.74, 6) is 0.231. The maximum Gasteiger partial charge on any atom is 0.238 e. The standard InChI is InChI=1S/C16H17NO3/c1-2-20-12-9-7-11(8-10-12)17-15(18)13-5-3-4-6-14(13)16(17)19/h3-4,7-10,13-14H,2,5-6H2,1H3/t13-,14-/m1/s1. The van der Waals surface area contributed by atoms with Gasteiger partial charge in [0.2, 0.25) is 11.8 Å². The largest absolute Gasteiger partial charge is 0.494 e. The second-order valence-electron chi connectivity index (χ2n) is 5.09. The van der Waals surface area contributed by atoms with Gasteiger partial charge in [-0.3, -0.25) is 14.5 Å². The van der Waals surface area contributed by atoms with Crippen molar-refractivity contribution in [1.82, 2.24) is 0 Å². The average Bonchev–Trinajstić information content (AvgIpc) is 2.73. The van der Waals surface area contributed by atoms with E-state index in [-0.39, 0.29) is 23.7 Å². The normalized spacial score (nSPS) is 24.9. The molecule has 2 amide bonds. The van der Waals surface area contributed by atoms with E-state index in [9.17, 15) is 9.59 Å². The lowest BCUT2D eigenvalue weighted by Crippen LogP contribution is -2.30. The Balaban J connectivity index is 1.86. The van der Waals surface area contributed by atoms with E-state index in [4.69, 9.17) is 4.74 Å². The van der Waals surface area contributed by atoms with E-state index in [0.29, 0.717) is 25.1 Å². The van der Waals surface area contributed by atoms with Gasteiger partial charge in [-0.15, -0.1) is 0 Å². The van der Waals surface area contributed by atoms with Gasteiger partial charge in [0, 0.05) is 0 Å². The number of hydrogen-bond acceptors (Lipinski definition) is 3. The second-order valence-corrected chi connectivity index (χ2v) is 5.09. The number of ether oxygens (including phenoxy) is 1. The Labute approximate surface area is 118 Å². The third-order valence-electron chi connectivity index (χ3n) is 3.91. The maximum absolute atomic E-state index is 12.4. The summed E-state index contributed by atoms with van der Waals surface area (Å²) in [7, 11) is 0. The van der Waals surface area contributed by atoms with Gasteiger partial charge in [0.15, 0.2) is 0 Å². The number of fused-ring (bicyclic) bond motifs is 1. The molecule has 1 aliphatic carbocycles. The molecule has 20 heavy (non-hydrogen) atoms. The molecule has 1 aromatic carbocycles. The summed E-state index contributed by atoms with van der Waals surface area (Å²) in [5, 5.41) is 0. The van der Waals surface area contributed by atoms with Crippen LogP contribution < -0.4 is 9.64 Å². The fraction of sp³-hybridized carbons (Fsp3) is 0.375. The smallest absolute Gasteiger partial charge is 0.238 e. The van der Waals surface area contributed by atoms with Crippen LogP contribution >= 0.6 is 0 Å². The summed E-state index contributed by atoms with van der Waals surface area (Å²) >= 11 is 0. The summed E-state index contributed by atoms with van der Waals surface area (Å²) in [6.45, 7) is 2.51. The molecule has 1 aliphatic heterocycles. The molecule has 104 valence electrons. The van der Waals surface area contributed by atoms with Crippen LogP contribution in [0.3, 0.4) is 0 Å². The molecular weight excluding hydrogens is 254 g/mol. The van der Waals surface area contributed by atoms with Crippen LogP contribution in [0.2, 0.25) is 0 Å². The van der Waals surface area contributed by atoms with E-state index in [2.05, 4.69) is 0 Å². The van der Waals surface area contributed by atoms with Crippen LogP contribution in [0.15, 0.2) is 36.4 Å². The zero-order valence-electron chi connectivity index (χ0n) is 11.4. The molecule has 2 atom stereocenters. The average molecular weight is 271 g/mol. The van der Waals surface area contributed by atoms with Crippen LogP contribution in [0.5, 0.6) is 5.75 Å². The highest BCUT2D eigenvalue weighted by Gasteiger charge is 2.47. The Kier molecular flexibility index (Phi) is 3.30. The Hall–Kier alpha value is -2.10. The molecule has 0 spiro atoms. The molecule has 2 aliphatic rings. The molecular formula is C16H17NO3. The molecule has 0 unspecified atom stereocenters. The molecule has 4 heteroatoms. The van der Waals surface area contributed by atoms with Crippen molar-refractivity contribution in [3.63, 3.8) is 0 Å². The summed E-state index contributed by atoms with van der Waals surface area (Å²) in [6.07, 6.45) is 5.33. The van der Waals surface area contributed by atoms with Gasteiger partial charge in [0.05, 0.1) is 24.1 Å². The molecule has 4 nitrogen and oxygen atoms in total. The first kappa shape index (κ1) is 12.9. The van der Waals surface area contributed by atoms with Gasteiger partial charge in [0.1, 0.15) is 5.75 Å². The highest BCUT2D eigenvalue weighted by Crippen LogP contribution is 2.37. The van der Waals surface area contributed by atoms with Crippen LogP contribution in [0.4, 0.5) is 5.69 Å². The molecule has 0 aromatic heterocycles. The number of amides is 2. The number of imide groups is 1. The van der Waals surface area contributed by atoms with Crippen molar-refractivity contribution in [3.8, 4) is 5.75 Å². The lowest BCUT2D eigenvalue weighted by molar-refractivity contribution is -0.122. The van der Waals surface area contributed by atoms with Crippen LogP contribution in [0, 0.1) is 11.8 Å². The molecule has 1 aromatic rings. The molecule has 1 saturated heterocycles. The second kappa shape index (κ2) is 5.12. The van der Waals surface area contributed by atoms with Crippen molar-refractivity contribution in [2.75, 3.05) is 11.5 Å². The van der Waals surface area contributed by atoms with Crippen molar-refractivity contribution < 1.29 is 14.3 Å². The van der Waals surface area contributed by atoms with E-state index in [1.165, 1.54) is 4.90 Å². The Morgan fingerprint density at radius 2 is 1.60 bits per heavy atom. The van der Waals surface area contributed by atoms with E-state index >= 15 is 0 Å². The first-order valence-electron chi connectivity index (χ1n) is 6.98. The molecule has 0 N–H and O–H groups in total. The van der Waals surface area contributed by atoms with Gasteiger partial charge in [-0.05, 0) is 44.0 Å². The lowest BCUT2D eigenvalue weighted by atomic mass is 9.85. The quantitative estimate of drug-likeness (QED) is 0.627. The minimum absolute atomic E-state index is 0.0755. The molecule has 1 heterocycles. The van der Waals surface area contributed by atoms with Crippen molar-refractivity contribution >= 4 is 17.5 Å². The predicted molar refractivity (Wildman–Crippen MR) is 75.5 cm³/mol. The van der Waals surface area contributed by atoms with Crippen LogP contribution in [-0.4, -0.2) is 18.4 Å². The Morgan fingerprint density at radius 3 is 2.10 bits per heavy atom. The summed E-state index contributed by atoms with van der Waals surface area (Å²) in [5.41, 5.74) is 0.637. The van der Waals surface area contributed by atoms with Gasteiger partial charge in [-0.2, -0.15) is 0 Å². The summed E-state index contributed by atoms with van der Waals surface area (Å²) < 4.78 is 5.37. The topological polar surface area (TPSA) is 46.6 Å². The van der Waals surface area contributed by atoms with Crippen LogP contribution in [0.1, 0.15) is 19.8 Å². The third kappa shape index (κ3) is 2.01. The zero-order valence-corrected chi connectivity index (χ0v) is 11.4. The number of anilines is 1. The van der Waals surface area contributed by atoms with Gasteiger partial charge >= 0.3 is 0 Å². The number of carbonyl (C=O) groups excluding carboxylic acids is 2. The lowest BCUT2D eigenvalue weighted by Gasteiger charge is -2.15. The minimum Gasteiger partial charge on any atom is -0.494 e. The monoisotopic (exact) mass is 271 g/mol. The van der Waals surface area contributed by atoms with Crippen molar-refractivity contribution in [2.45, 2.75) is 19.8 Å². The van der Waals surface area contributed by atoms with Crippen molar-refractivity contribution in [2.24, 2.45) is 11.8 Å². The number of allylic oxidation sites excluding steroid dienone is 2. The van der Waals surface area contributed by atoms with Gasteiger partial charge in [0.25, 0.3) is 0 Å². The SMILES string of the molecule is CCOc1ccc(N2C(=O)[C@@H]3CC=CC[C@H]3C2=O)cc1. The number of nitrogens with zero attached hydrogens (tertiary/aromatic N) is 1. The fourth-order valence-electron chi connectivity index (χ4n) is 2.91. The summed E-state index contributed by atoms with van der Waals surface area (Å²) in [6, 6.07) is 7.12. The molecule has 0 bridgehead atoms. The number of carbonyl (C=O) groups is 2. The molecule has 0 radical (unpaired) electrons. The number of rotatable bonds is 3. The van der Waals surface area contributed by atoms with Crippen molar-refractivity contribution in [1.29, 1.82) is 0 Å². The fourth-order valence-corrected chi connectivity index (χ4v) is 2.91. The molecule has 3 rings (SSSR count). The highest BCUT2D eigenvalue weighted by atomic mass is 16.5. The van der Waals surface area contributed by atoms with Crippen LogP contribution in [-0.2, 0) is 9.59 Å². The van der Waals surface area contributed by atoms with Gasteiger partial charge < -0.3 is 4.74 Å². The van der Waals surface area contributed by atoms with E-state index in [0.717, 1.165) is 5.75 Å². The Morgan fingerprint density at radius 1 is 1.05 bits per heavy atom. The van der Waals surface area contributed by atoms with E-state index in [1.807, 2.05) is 19.1 Å². The first-order chi connectivity index (χ1) is 9.72. The minimum atomic E-state index is -0.181. The third-order valence-corrected chi connectivity index (χ3v) is 3.91. The van der Waals surface area contributed by atoms with E-state index in [1.54, 1.807) is 24.3 Å². The predicted octanol–water partition coefficient (Wildman–Crippen LogP) is 2.54. The maximum atomic E-state index is 12.4. The van der Waals surface area contributed by atoms with Crippen LogP contribution in [0.25, 0.3) is 0 Å². The first-order valence-corrected chi connectivity index (χ1v) is 6.98. The summed E-state index contributed by atoms with van der Waals surface area (Å²) in [4.78, 5) is 26.1. The van der Waals surface area contributed by atoms with Gasteiger partial charge in [-0.25, -0.2) is 0 Å². The molecule has 0 saturated carbocycles. The van der Waals surface area contributed by atoms with Gasteiger partial charge in [-0.1, -0.05) is 12.2 Å². The Bertz CT molecular complexity index is 536. The van der Waals surface area contributed by atoms with Crippen molar-refractivity contribution in [3.05, 3.63) is 36.4 Å². The molecule has 1 fully saturated rings. The number of hydrogen-bond donors (Lipinski definition) is 0. The zero-order chi connectivity index (χ0) is 14.1. The number of benzene rings is 1. The highest BCUT2D eigenvalue weighted by molar-refractivity contribution is 6.22.